The SMILES string of the molecule is CCCc1nc(NCC)cc(-c2cscc2Br)n1. The molecule has 18 heavy (non-hydrogen) atoms. The maximum absolute atomic E-state index is 4.63. The highest BCUT2D eigenvalue weighted by molar-refractivity contribution is 9.10. The molecule has 0 unspecified atom stereocenters. The van der Waals surface area contributed by atoms with Crippen LogP contribution in [-0.4, -0.2) is 16.5 Å². The Bertz CT molecular complexity index is 500. The lowest BCUT2D eigenvalue weighted by Crippen LogP contribution is -2.04. The van der Waals surface area contributed by atoms with Crippen molar-refractivity contribution < 1.29 is 0 Å². The predicted molar refractivity (Wildman–Crippen MR) is 81.2 cm³/mol. The molecule has 0 aliphatic heterocycles. The molecule has 0 bridgehead atoms. The Morgan fingerprint density at radius 2 is 2.11 bits per heavy atom. The van der Waals surface area contributed by atoms with E-state index in [1.54, 1.807) is 11.3 Å². The van der Waals surface area contributed by atoms with Gasteiger partial charge < -0.3 is 5.32 Å². The van der Waals surface area contributed by atoms with Crippen molar-refractivity contribution in [2.24, 2.45) is 0 Å². The molecule has 5 heteroatoms. The highest BCUT2D eigenvalue weighted by atomic mass is 79.9. The van der Waals surface area contributed by atoms with Crippen LogP contribution in [0.25, 0.3) is 11.3 Å². The number of aryl methyl sites for hydroxylation is 1. The number of thiophene rings is 1. The van der Waals surface area contributed by atoms with Crippen molar-refractivity contribution in [3.05, 3.63) is 27.1 Å². The third-order valence-corrected chi connectivity index (χ3v) is 4.20. The van der Waals surface area contributed by atoms with Gasteiger partial charge >= 0.3 is 0 Å². The van der Waals surface area contributed by atoms with Gasteiger partial charge in [-0.2, -0.15) is 11.3 Å². The van der Waals surface area contributed by atoms with E-state index in [9.17, 15) is 0 Å². The first-order valence-corrected chi connectivity index (χ1v) is 7.82. The van der Waals surface area contributed by atoms with E-state index in [0.29, 0.717) is 0 Å². The summed E-state index contributed by atoms with van der Waals surface area (Å²) in [6.07, 6.45) is 1.97. The van der Waals surface area contributed by atoms with Gasteiger partial charge in [0, 0.05) is 39.8 Å². The molecule has 0 spiro atoms. The Hall–Kier alpha value is -0.940. The second kappa shape index (κ2) is 6.29. The first kappa shape index (κ1) is 13.5. The van der Waals surface area contributed by atoms with E-state index >= 15 is 0 Å². The van der Waals surface area contributed by atoms with E-state index in [2.05, 4.69) is 55.8 Å². The van der Waals surface area contributed by atoms with Crippen LogP contribution in [0.15, 0.2) is 21.3 Å². The van der Waals surface area contributed by atoms with Crippen molar-refractivity contribution in [1.29, 1.82) is 0 Å². The first-order chi connectivity index (χ1) is 8.74. The Labute approximate surface area is 120 Å². The lowest BCUT2D eigenvalue weighted by Gasteiger charge is -2.08. The van der Waals surface area contributed by atoms with Crippen LogP contribution in [0.2, 0.25) is 0 Å². The predicted octanol–water partition coefficient (Wildman–Crippen LogP) is 4.35. The van der Waals surface area contributed by atoms with Crippen molar-refractivity contribution in [2.45, 2.75) is 26.7 Å². The monoisotopic (exact) mass is 325 g/mol. The minimum atomic E-state index is 0.868. The van der Waals surface area contributed by atoms with Gasteiger partial charge in [0.1, 0.15) is 11.6 Å². The van der Waals surface area contributed by atoms with Crippen LogP contribution in [0, 0.1) is 0 Å². The van der Waals surface area contributed by atoms with Crippen molar-refractivity contribution >= 4 is 33.1 Å². The summed E-state index contributed by atoms with van der Waals surface area (Å²) in [4.78, 5) is 9.15. The lowest BCUT2D eigenvalue weighted by molar-refractivity contribution is 0.836. The van der Waals surface area contributed by atoms with Gasteiger partial charge in [-0.1, -0.05) is 6.92 Å². The fourth-order valence-corrected chi connectivity index (χ4v) is 3.20. The molecule has 0 aromatic carbocycles. The summed E-state index contributed by atoms with van der Waals surface area (Å²) in [5, 5.41) is 7.45. The number of hydrogen-bond acceptors (Lipinski definition) is 4. The normalized spacial score (nSPS) is 10.6. The first-order valence-electron chi connectivity index (χ1n) is 6.08. The fourth-order valence-electron chi connectivity index (χ4n) is 1.71. The number of aromatic nitrogens is 2. The van der Waals surface area contributed by atoms with Crippen molar-refractivity contribution in [2.75, 3.05) is 11.9 Å². The second-order valence-electron chi connectivity index (χ2n) is 3.97. The fraction of sp³-hybridized carbons (Fsp3) is 0.385. The van der Waals surface area contributed by atoms with Gasteiger partial charge in [-0.15, -0.1) is 0 Å². The Morgan fingerprint density at radius 3 is 2.72 bits per heavy atom. The Kier molecular flexibility index (Phi) is 4.72. The minimum absolute atomic E-state index is 0.868. The minimum Gasteiger partial charge on any atom is -0.370 e. The van der Waals surface area contributed by atoms with Gasteiger partial charge in [0.2, 0.25) is 0 Å². The third kappa shape index (κ3) is 3.09. The van der Waals surface area contributed by atoms with Crippen LogP contribution in [0.1, 0.15) is 26.1 Å². The number of anilines is 1. The molecular weight excluding hydrogens is 310 g/mol. The Morgan fingerprint density at radius 1 is 1.28 bits per heavy atom. The van der Waals surface area contributed by atoms with Crippen LogP contribution in [0.3, 0.4) is 0 Å². The van der Waals surface area contributed by atoms with Gasteiger partial charge in [-0.25, -0.2) is 9.97 Å². The maximum Gasteiger partial charge on any atom is 0.131 e. The molecule has 0 aliphatic carbocycles. The highest BCUT2D eigenvalue weighted by Gasteiger charge is 2.09. The van der Waals surface area contributed by atoms with E-state index in [4.69, 9.17) is 0 Å². The molecule has 0 amide bonds. The summed E-state index contributed by atoms with van der Waals surface area (Å²) < 4.78 is 1.09. The molecular formula is C13H16BrN3S. The standard InChI is InChI=1S/C13H16BrN3S/c1-3-5-12-16-11(6-13(17-12)15-4-2)9-7-18-8-10(9)14/h6-8H,3-5H2,1-2H3,(H,15,16,17). The van der Waals surface area contributed by atoms with Gasteiger partial charge in [-0.05, 0) is 29.3 Å². The quantitative estimate of drug-likeness (QED) is 0.887. The topological polar surface area (TPSA) is 37.8 Å². The summed E-state index contributed by atoms with van der Waals surface area (Å²) in [6.45, 7) is 5.08. The molecule has 2 rings (SSSR count). The third-order valence-electron chi connectivity index (χ3n) is 2.49. The van der Waals surface area contributed by atoms with E-state index in [0.717, 1.165) is 46.8 Å². The van der Waals surface area contributed by atoms with Gasteiger partial charge in [0.25, 0.3) is 0 Å². The zero-order chi connectivity index (χ0) is 13.0. The molecule has 0 radical (unpaired) electrons. The molecule has 0 fully saturated rings. The Balaban J connectivity index is 2.42. The van der Waals surface area contributed by atoms with Gasteiger partial charge in [0.05, 0.1) is 5.69 Å². The lowest BCUT2D eigenvalue weighted by atomic mass is 10.2. The molecule has 0 atom stereocenters. The number of hydrogen-bond donors (Lipinski definition) is 1. The van der Waals surface area contributed by atoms with E-state index in [1.807, 2.05) is 6.07 Å². The molecule has 2 aromatic heterocycles. The smallest absolute Gasteiger partial charge is 0.131 e. The van der Waals surface area contributed by atoms with E-state index in [-0.39, 0.29) is 0 Å². The summed E-state index contributed by atoms with van der Waals surface area (Å²) in [5.74, 6) is 1.81. The highest BCUT2D eigenvalue weighted by Crippen LogP contribution is 2.31. The summed E-state index contributed by atoms with van der Waals surface area (Å²) in [7, 11) is 0. The van der Waals surface area contributed by atoms with Crippen LogP contribution in [0.5, 0.6) is 0 Å². The largest absolute Gasteiger partial charge is 0.370 e. The van der Waals surface area contributed by atoms with Crippen LogP contribution in [-0.2, 0) is 6.42 Å². The average Bonchev–Trinajstić information content (AvgIpc) is 2.76. The molecule has 3 nitrogen and oxygen atoms in total. The number of nitrogens with zero attached hydrogens (tertiary/aromatic N) is 2. The summed E-state index contributed by atoms with van der Waals surface area (Å²) in [5.41, 5.74) is 2.12. The van der Waals surface area contributed by atoms with Crippen LogP contribution < -0.4 is 5.32 Å². The van der Waals surface area contributed by atoms with Crippen molar-refractivity contribution in [3.63, 3.8) is 0 Å². The molecule has 0 aliphatic rings. The number of halogens is 1. The van der Waals surface area contributed by atoms with Crippen LogP contribution >= 0.6 is 27.3 Å². The van der Waals surface area contributed by atoms with Crippen molar-refractivity contribution in [1.82, 2.24) is 9.97 Å². The number of nitrogens with one attached hydrogen (secondary N) is 1. The van der Waals surface area contributed by atoms with E-state index < -0.39 is 0 Å². The summed E-state index contributed by atoms with van der Waals surface area (Å²) in [6, 6.07) is 2.01. The van der Waals surface area contributed by atoms with E-state index in [1.165, 1.54) is 0 Å². The molecule has 0 saturated carbocycles. The molecule has 2 heterocycles. The number of rotatable bonds is 5. The van der Waals surface area contributed by atoms with Crippen LogP contribution in [0.4, 0.5) is 5.82 Å². The van der Waals surface area contributed by atoms with Gasteiger partial charge in [-0.3, -0.25) is 0 Å². The maximum atomic E-state index is 4.63. The van der Waals surface area contributed by atoms with Gasteiger partial charge in [0.15, 0.2) is 0 Å². The average molecular weight is 326 g/mol. The zero-order valence-electron chi connectivity index (χ0n) is 10.5. The summed E-state index contributed by atoms with van der Waals surface area (Å²) >= 11 is 5.23. The molecule has 1 N–H and O–H groups in total. The molecule has 0 saturated heterocycles. The second-order valence-corrected chi connectivity index (χ2v) is 5.57. The van der Waals surface area contributed by atoms with Crippen molar-refractivity contribution in [3.8, 4) is 11.3 Å². The molecule has 96 valence electrons. The molecule has 2 aromatic rings. The zero-order valence-corrected chi connectivity index (χ0v) is 12.9.